The number of likely N-dealkylation sites (N-methyl/N-ethyl adjacent to an activating group) is 1. The summed E-state index contributed by atoms with van der Waals surface area (Å²) >= 11 is 0. The van der Waals surface area contributed by atoms with Crippen LogP contribution in [-0.2, 0) is 0 Å². The number of rotatable bonds is 21. The molecule has 0 heterocycles. The van der Waals surface area contributed by atoms with Crippen LogP contribution >= 0.6 is 0 Å². The fourth-order valence-corrected chi connectivity index (χ4v) is 3.81. The Morgan fingerprint density at radius 2 is 1.08 bits per heavy atom. The van der Waals surface area contributed by atoms with Crippen molar-refractivity contribution in [1.82, 2.24) is 4.90 Å². The van der Waals surface area contributed by atoms with Crippen LogP contribution in [0.25, 0.3) is 0 Å². The van der Waals surface area contributed by atoms with Crippen molar-refractivity contribution in [2.24, 2.45) is 0 Å². The zero-order valence-corrected chi connectivity index (χ0v) is 18.3. The van der Waals surface area contributed by atoms with E-state index in [2.05, 4.69) is 38.1 Å². The lowest BCUT2D eigenvalue weighted by Crippen LogP contribution is -2.31. The van der Waals surface area contributed by atoms with Crippen molar-refractivity contribution in [2.45, 2.75) is 122 Å². The maximum Gasteiger partial charge on any atom is 0.0160 e. The van der Waals surface area contributed by atoms with Gasteiger partial charge in [-0.3, -0.25) is 4.90 Å². The Labute approximate surface area is 166 Å². The summed E-state index contributed by atoms with van der Waals surface area (Å²) < 4.78 is 0. The Kier molecular flexibility index (Phi) is 20.3. The highest BCUT2D eigenvalue weighted by Crippen LogP contribution is 2.16. The third-order valence-electron chi connectivity index (χ3n) is 5.62. The fourth-order valence-electron chi connectivity index (χ4n) is 3.81. The van der Waals surface area contributed by atoms with E-state index in [0.717, 1.165) is 13.0 Å². The second-order valence-electron chi connectivity index (χ2n) is 8.14. The Bertz CT molecular complexity index is 297. The zero-order valence-electron chi connectivity index (χ0n) is 18.3. The maximum atomic E-state index is 3.91. The van der Waals surface area contributed by atoms with Crippen molar-refractivity contribution in [3.8, 4) is 0 Å². The molecule has 154 valence electrons. The lowest BCUT2D eigenvalue weighted by Gasteiger charge is -2.26. The van der Waals surface area contributed by atoms with Gasteiger partial charge in [0, 0.05) is 12.6 Å². The molecule has 0 saturated carbocycles. The molecule has 0 saturated heterocycles. The van der Waals surface area contributed by atoms with Crippen molar-refractivity contribution in [3.05, 3.63) is 25.3 Å². The molecule has 0 fully saturated rings. The molecule has 0 rings (SSSR count). The molecule has 0 aliphatic carbocycles. The van der Waals surface area contributed by atoms with Crippen LogP contribution in [0.4, 0.5) is 0 Å². The molecule has 1 unspecified atom stereocenters. The van der Waals surface area contributed by atoms with Crippen LogP contribution in [0.2, 0.25) is 0 Å². The van der Waals surface area contributed by atoms with Crippen LogP contribution in [0.1, 0.15) is 116 Å². The van der Waals surface area contributed by atoms with Gasteiger partial charge < -0.3 is 0 Å². The molecule has 0 aromatic carbocycles. The summed E-state index contributed by atoms with van der Waals surface area (Å²) in [7, 11) is 2.21. The first-order chi connectivity index (χ1) is 12.8. The van der Waals surface area contributed by atoms with Gasteiger partial charge in [0.1, 0.15) is 0 Å². The first kappa shape index (κ1) is 25.4. The molecule has 0 aromatic rings. The zero-order chi connectivity index (χ0) is 19.3. The minimum atomic E-state index is 0.646. The van der Waals surface area contributed by atoms with E-state index in [1.165, 1.54) is 103 Å². The third-order valence-corrected chi connectivity index (χ3v) is 5.62. The standard InChI is InChI=1S/C25H49N/c1-5-8-9-10-11-12-13-14-15-16-17-18-19-20-21-23-25(22-6-2)26(4)24-7-3/h6-7,25H,2-3,5,8-24H2,1,4H3. The van der Waals surface area contributed by atoms with Gasteiger partial charge in [0.2, 0.25) is 0 Å². The summed E-state index contributed by atoms with van der Waals surface area (Å²) in [6.45, 7) is 11.0. The SMILES string of the molecule is C=CCC(CCCCCCCCCCCCCCCCC)N(C)CC=C. The molecule has 1 nitrogen and oxygen atoms in total. The van der Waals surface area contributed by atoms with Gasteiger partial charge >= 0.3 is 0 Å². The molecular formula is C25H49N. The molecule has 0 amide bonds. The molecule has 1 atom stereocenters. The smallest absolute Gasteiger partial charge is 0.0160 e. The van der Waals surface area contributed by atoms with Crippen LogP contribution < -0.4 is 0 Å². The van der Waals surface area contributed by atoms with Gasteiger partial charge in [-0.15, -0.1) is 13.2 Å². The maximum absolute atomic E-state index is 3.91. The molecule has 1 heteroatoms. The van der Waals surface area contributed by atoms with Crippen LogP contribution in [0, 0.1) is 0 Å². The minimum Gasteiger partial charge on any atom is -0.299 e. The number of hydrogen-bond acceptors (Lipinski definition) is 1. The Balaban J connectivity index is 3.34. The van der Waals surface area contributed by atoms with E-state index in [1.807, 2.05) is 6.08 Å². The fraction of sp³-hybridized carbons (Fsp3) is 0.840. The summed E-state index contributed by atoms with van der Waals surface area (Å²) in [5, 5.41) is 0. The molecule has 0 bridgehead atoms. The number of nitrogens with zero attached hydrogens (tertiary/aromatic N) is 1. The van der Waals surface area contributed by atoms with Crippen LogP contribution in [0.3, 0.4) is 0 Å². The third kappa shape index (κ3) is 16.9. The van der Waals surface area contributed by atoms with Gasteiger partial charge in [-0.2, -0.15) is 0 Å². The van der Waals surface area contributed by atoms with Gasteiger partial charge in [-0.1, -0.05) is 115 Å². The highest BCUT2D eigenvalue weighted by Gasteiger charge is 2.11. The van der Waals surface area contributed by atoms with Gasteiger partial charge in [0.25, 0.3) is 0 Å². The largest absolute Gasteiger partial charge is 0.299 e. The lowest BCUT2D eigenvalue weighted by molar-refractivity contribution is 0.248. The molecule has 0 N–H and O–H groups in total. The molecule has 0 radical (unpaired) electrons. The quantitative estimate of drug-likeness (QED) is 0.146. The molecular weight excluding hydrogens is 314 g/mol. The topological polar surface area (TPSA) is 3.24 Å². The predicted molar refractivity (Wildman–Crippen MR) is 121 cm³/mol. The van der Waals surface area contributed by atoms with Crippen molar-refractivity contribution in [2.75, 3.05) is 13.6 Å². The van der Waals surface area contributed by atoms with Crippen molar-refractivity contribution in [1.29, 1.82) is 0 Å². The Morgan fingerprint density at radius 3 is 1.46 bits per heavy atom. The van der Waals surface area contributed by atoms with Gasteiger partial charge in [0.15, 0.2) is 0 Å². The van der Waals surface area contributed by atoms with E-state index in [9.17, 15) is 0 Å². The van der Waals surface area contributed by atoms with Crippen LogP contribution in [-0.4, -0.2) is 24.5 Å². The highest BCUT2D eigenvalue weighted by atomic mass is 15.1. The average molecular weight is 364 g/mol. The summed E-state index contributed by atoms with van der Waals surface area (Å²) in [5.74, 6) is 0. The molecule has 0 aliphatic heterocycles. The van der Waals surface area contributed by atoms with Crippen LogP contribution in [0.15, 0.2) is 25.3 Å². The normalized spacial score (nSPS) is 12.4. The molecule has 0 aliphatic rings. The summed E-state index contributed by atoms with van der Waals surface area (Å²) in [6.07, 6.45) is 28.0. The van der Waals surface area contributed by atoms with E-state index in [0.29, 0.717) is 6.04 Å². The van der Waals surface area contributed by atoms with E-state index in [4.69, 9.17) is 0 Å². The summed E-state index contributed by atoms with van der Waals surface area (Å²) in [5.41, 5.74) is 0. The second kappa shape index (κ2) is 20.7. The van der Waals surface area contributed by atoms with Gasteiger partial charge in [-0.25, -0.2) is 0 Å². The van der Waals surface area contributed by atoms with Crippen molar-refractivity contribution < 1.29 is 0 Å². The van der Waals surface area contributed by atoms with E-state index in [1.54, 1.807) is 0 Å². The van der Waals surface area contributed by atoms with E-state index in [-0.39, 0.29) is 0 Å². The lowest BCUT2D eigenvalue weighted by atomic mass is 10.0. The van der Waals surface area contributed by atoms with Crippen molar-refractivity contribution >= 4 is 0 Å². The van der Waals surface area contributed by atoms with Crippen LogP contribution in [0.5, 0.6) is 0 Å². The summed E-state index contributed by atoms with van der Waals surface area (Å²) in [6, 6.07) is 0.646. The summed E-state index contributed by atoms with van der Waals surface area (Å²) in [4.78, 5) is 2.42. The van der Waals surface area contributed by atoms with Crippen molar-refractivity contribution in [3.63, 3.8) is 0 Å². The first-order valence-corrected chi connectivity index (χ1v) is 11.7. The minimum absolute atomic E-state index is 0.646. The molecule has 0 spiro atoms. The van der Waals surface area contributed by atoms with Gasteiger partial charge in [0.05, 0.1) is 0 Å². The number of hydrogen-bond donors (Lipinski definition) is 0. The average Bonchev–Trinajstić information content (AvgIpc) is 2.64. The number of unbranched alkanes of at least 4 members (excludes halogenated alkanes) is 14. The Hall–Kier alpha value is -0.560. The van der Waals surface area contributed by atoms with Gasteiger partial charge in [-0.05, 0) is 19.9 Å². The first-order valence-electron chi connectivity index (χ1n) is 11.7. The second-order valence-corrected chi connectivity index (χ2v) is 8.14. The molecule has 26 heavy (non-hydrogen) atoms. The predicted octanol–water partition coefficient (Wildman–Crippen LogP) is 8.31. The molecule has 0 aromatic heterocycles. The Morgan fingerprint density at radius 1 is 0.654 bits per heavy atom. The monoisotopic (exact) mass is 363 g/mol. The van der Waals surface area contributed by atoms with E-state index < -0.39 is 0 Å². The highest BCUT2D eigenvalue weighted by molar-refractivity contribution is 4.82. The van der Waals surface area contributed by atoms with E-state index >= 15 is 0 Å².